The molecule has 0 aliphatic heterocycles. The summed E-state index contributed by atoms with van der Waals surface area (Å²) in [6.45, 7) is 18.8. The zero-order valence-corrected chi connectivity index (χ0v) is 21.0. The summed E-state index contributed by atoms with van der Waals surface area (Å²) in [6, 6.07) is 2.85. The summed E-state index contributed by atoms with van der Waals surface area (Å²) in [5.41, 5.74) is 1.08. The van der Waals surface area contributed by atoms with Gasteiger partial charge in [-0.05, 0) is 48.9 Å². The van der Waals surface area contributed by atoms with Crippen molar-refractivity contribution in [2.45, 2.75) is 93.4 Å². The van der Waals surface area contributed by atoms with Crippen molar-refractivity contribution in [1.29, 1.82) is 0 Å². The second-order valence-corrected chi connectivity index (χ2v) is 8.79. The number of hydrogen-bond donors (Lipinski definition) is 0. The highest BCUT2D eigenvalue weighted by atomic mass is 32.1. The van der Waals surface area contributed by atoms with Crippen LogP contribution >= 0.6 is 22.7 Å². The van der Waals surface area contributed by atoms with Crippen LogP contribution in [0.2, 0.25) is 0 Å². The summed E-state index contributed by atoms with van der Waals surface area (Å²) in [5, 5.41) is 0. The highest BCUT2D eigenvalue weighted by Gasteiger charge is 2.35. The van der Waals surface area contributed by atoms with Gasteiger partial charge in [-0.15, -0.1) is 22.7 Å². The fourth-order valence-corrected chi connectivity index (χ4v) is 4.37. The van der Waals surface area contributed by atoms with Crippen LogP contribution < -0.4 is 0 Å². The van der Waals surface area contributed by atoms with Crippen LogP contribution in [0.25, 0.3) is 0 Å². The third-order valence-electron chi connectivity index (χ3n) is 3.52. The summed E-state index contributed by atoms with van der Waals surface area (Å²) in [4.78, 5) is 0.669. The number of rotatable bonds is 2. The largest absolute Gasteiger partial charge is 0.425 e. The van der Waals surface area contributed by atoms with Gasteiger partial charge in [0.2, 0.25) is 0 Å². The molecule has 0 atom stereocenters. The Balaban J connectivity index is 0. The van der Waals surface area contributed by atoms with Crippen molar-refractivity contribution in [3.05, 3.63) is 42.8 Å². The summed E-state index contributed by atoms with van der Waals surface area (Å²) in [7, 11) is 0. The molecule has 0 unspecified atom stereocenters. The quantitative estimate of drug-likeness (QED) is 0.378. The van der Waals surface area contributed by atoms with Crippen LogP contribution in [0.5, 0.6) is 0 Å². The molecule has 30 heavy (non-hydrogen) atoms. The van der Waals surface area contributed by atoms with Crippen molar-refractivity contribution in [2.24, 2.45) is 0 Å². The lowest BCUT2D eigenvalue weighted by molar-refractivity contribution is -0.135. The number of alkyl halides is 6. The van der Waals surface area contributed by atoms with E-state index in [0.29, 0.717) is 5.56 Å². The topological polar surface area (TPSA) is 0 Å². The fraction of sp³-hybridized carbons (Fsp3) is 0.636. The van der Waals surface area contributed by atoms with E-state index in [1.807, 2.05) is 55.4 Å². The van der Waals surface area contributed by atoms with Crippen molar-refractivity contribution >= 4 is 22.7 Å². The van der Waals surface area contributed by atoms with Gasteiger partial charge in [-0.3, -0.25) is 0 Å². The molecule has 2 heterocycles. The average molecular weight is 477 g/mol. The van der Waals surface area contributed by atoms with Crippen LogP contribution in [0.3, 0.4) is 0 Å². The number of hydrogen-bond acceptors (Lipinski definition) is 2. The van der Waals surface area contributed by atoms with E-state index >= 15 is 0 Å². The molecule has 0 aliphatic carbocycles. The first kappa shape index (κ1) is 31.2. The van der Waals surface area contributed by atoms with Gasteiger partial charge < -0.3 is 0 Å². The second kappa shape index (κ2) is 13.4. The first-order valence-electron chi connectivity index (χ1n) is 9.99. The van der Waals surface area contributed by atoms with Gasteiger partial charge in [-0.2, -0.15) is 26.3 Å². The Morgan fingerprint density at radius 3 is 1.33 bits per heavy atom. The van der Waals surface area contributed by atoms with E-state index in [0.717, 1.165) is 38.0 Å². The SMILES string of the molecule is CC.CC.Cc1cc(C(C)C)sc1C(F)(F)F.Cc1cc(C(F)(F)F)sc1C(C)C. The minimum absolute atomic E-state index is 0.166. The van der Waals surface area contributed by atoms with Crippen molar-refractivity contribution in [3.63, 3.8) is 0 Å². The van der Waals surface area contributed by atoms with Gasteiger partial charge in [-0.1, -0.05) is 55.4 Å². The minimum Gasteiger partial charge on any atom is -0.165 e. The zero-order valence-electron chi connectivity index (χ0n) is 19.4. The molecule has 2 rings (SSSR count). The van der Waals surface area contributed by atoms with E-state index in [1.54, 1.807) is 13.0 Å². The monoisotopic (exact) mass is 476 g/mol. The molecule has 0 saturated heterocycles. The maximum absolute atomic E-state index is 12.3. The Kier molecular flexibility index (Phi) is 13.9. The van der Waals surface area contributed by atoms with Gasteiger partial charge in [0.25, 0.3) is 0 Å². The van der Waals surface area contributed by atoms with Crippen molar-refractivity contribution in [2.75, 3.05) is 0 Å². The molecule has 2 aromatic rings. The number of halogens is 6. The molecule has 8 heteroatoms. The second-order valence-electron chi connectivity index (χ2n) is 6.62. The molecule has 0 aromatic carbocycles. The van der Waals surface area contributed by atoms with Crippen LogP contribution in [-0.4, -0.2) is 0 Å². The lowest BCUT2D eigenvalue weighted by atomic mass is 10.1. The molecule has 176 valence electrons. The maximum atomic E-state index is 12.3. The molecule has 0 bridgehead atoms. The van der Waals surface area contributed by atoms with Crippen molar-refractivity contribution < 1.29 is 26.3 Å². The molecule has 0 amide bonds. The summed E-state index contributed by atoms with van der Waals surface area (Å²) < 4.78 is 73.8. The standard InChI is InChI=1S/2C9H11F3S.2C2H6/c1-5(2)8-6(3)4-7(13-8)9(10,11)12;1-5(2)7-4-6(3)8(13-7)9(10,11)12;2*1-2/h2*4-5H,1-3H3;2*1-2H3. The van der Waals surface area contributed by atoms with Crippen molar-refractivity contribution in [3.8, 4) is 0 Å². The van der Waals surface area contributed by atoms with Crippen LogP contribution in [0.1, 0.15) is 97.9 Å². The van der Waals surface area contributed by atoms with Crippen LogP contribution in [0.15, 0.2) is 12.1 Å². The lowest BCUT2D eigenvalue weighted by Crippen LogP contribution is -2.02. The first-order valence-corrected chi connectivity index (χ1v) is 11.6. The van der Waals surface area contributed by atoms with E-state index in [4.69, 9.17) is 0 Å². The zero-order chi connectivity index (χ0) is 24.4. The summed E-state index contributed by atoms with van der Waals surface area (Å²) in [5.74, 6) is 0.334. The molecule has 0 aliphatic rings. The Morgan fingerprint density at radius 2 is 1.13 bits per heavy atom. The Bertz CT molecular complexity index is 719. The van der Waals surface area contributed by atoms with Crippen LogP contribution in [0.4, 0.5) is 26.3 Å². The molecular weight excluding hydrogens is 442 g/mol. The predicted molar refractivity (Wildman–Crippen MR) is 119 cm³/mol. The van der Waals surface area contributed by atoms with E-state index < -0.39 is 22.1 Å². The third-order valence-corrected chi connectivity index (χ3v) is 6.69. The molecule has 2 aromatic heterocycles. The van der Waals surface area contributed by atoms with Gasteiger partial charge in [0, 0.05) is 9.75 Å². The first-order chi connectivity index (χ1) is 13.6. The number of aryl methyl sites for hydroxylation is 2. The molecule has 0 spiro atoms. The van der Waals surface area contributed by atoms with Crippen molar-refractivity contribution in [1.82, 2.24) is 0 Å². The van der Waals surface area contributed by atoms with Crippen LogP contribution in [0, 0.1) is 13.8 Å². The van der Waals surface area contributed by atoms with Gasteiger partial charge in [0.1, 0.15) is 9.75 Å². The molecule has 0 N–H and O–H groups in total. The third kappa shape index (κ3) is 9.86. The van der Waals surface area contributed by atoms with Crippen LogP contribution in [-0.2, 0) is 12.4 Å². The van der Waals surface area contributed by atoms with Gasteiger partial charge in [-0.25, -0.2) is 0 Å². The summed E-state index contributed by atoms with van der Waals surface area (Å²) in [6.07, 6.45) is -8.38. The smallest absolute Gasteiger partial charge is 0.165 e. The Labute approximate surface area is 185 Å². The molecule has 0 fully saturated rings. The molecule has 0 radical (unpaired) electrons. The highest BCUT2D eigenvalue weighted by Crippen LogP contribution is 2.40. The minimum atomic E-state index is -4.19. The van der Waals surface area contributed by atoms with E-state index in [2.05, 4.69) is 0 Å². The Hall–Kier alpha value is -1.02. The summed E-state index contributed by atoms with van der Waals surface area (Å²) >= 11 is 1.70. The normalized spacial score (nSPS) is 11.3. The van der Waals surface area contributed by atoms with E-state index in [1.165, 1.54) is 13.0 Å². The maximum Gasteiger partial charge on any atom is 0.425 e. The molecule has 0 saturated carbocycles. The van der Waals surface area contributed by atoms with E-state index in [9.17, 15) is 26.3 Å². The van der Waals surface area contributed by atoms with Gasteiger partial charge in [0.15, 0.2) is 0 Å². The molecular formula is C22H34F6S2. The molecule has 0 nitrogen and oxygen atoms in total. The predicted octanol–water partition coefficient (Wildman–Crippen LogP) is 10.4. The number of thiophene rings is 2. The highest BCUT2D eigenvalue weighted by molar-refractivity contribution is 7.12. The van der Waals surface area contributed by atoms with Gasteiger partial charge >= 0.3 is 12.4 Å². The van der Waals surface area contributed by atoms with Gasteiger partial charge in [0.05, 0.1) is 0 Å². The lowest BCUT2D eigenvalue weighted by Gasteiger charge is -2.03. The average Bonchev–Trinajstić information content (AvgIpc) is 3.22. The fourth-order valence-electron chi connectivity index (χ4n) is 2.28. The Morgan fingerprint density at radius 1 is 0.667 bits per heavy atom. The van der Waals surface area contributed by atoms with E-state index in [-0.39, 0.29) is 11.8 Å².